The molecular formula is C23H31N3O4S2. The van der Waals surface area contributed by atoms with Gasteiger partial charge in [0.2, 0.25) is 5.91 Å². The van der Waals surface area contributed by atoms with Crippen molar-refractivity contribution in [3.05, 3.63) is 47.3 Å². The summed E-state index contributed by atoms with van der Waals surface area (Å²) in [4.78, 5) is 17.2. The number of nitrogens with zero attached hydrogens (tertiary/aromatic N) is 2. The predicted octanol–water partition coefficient (Wildman–Crippen LogP) is 3.05. The number of ether oxygens (including phenoxy) is 1. The Kier molecular flexibility index (Phi) is 7.83. The number of piperidine rings is 1. The lowest BCUT2D eigenvalue weighted by atomic mass is 9.93. The largest absolute Gasteiger partial charge is 0.379 e. The van der Waals surface area contributed by atoms with E-state index in [0.717, 1.165) is 64.3 Å². The molecular weight excluding hydrogens is 446 g/mol. The van der Waals surface area contributed by atoms with Gasteiger partial charge in [-0.3, -0.25) is 14.4 Å². The van der Waals surface area contributed by atoms with Gasteiger partial charge in [-0.15, -0.1) is 11.3 Å². The summed E-state index contributed by atoms with van der Waals surface area (Å²) in [5, 5.41) is 1.73. The first-order valence-electron chi connectivity index (χ1n) is 11.2. The Morgan fingerprint density at radius 3 is 2.44 bits per heavy atom. The molecule has 1 aromatic carbocycles. The summed E-state index contributed by atoms with van der Waals surface area (Å²) >= 11 is 1.18. The maximum Gasteiger partial charge on any atom is 0.271 e. The van der Waals surface area contributed by atoms with Crippen molar-refractivity contribution in [1.82, 2.24) is 9.80 Å². The summed E-state index contributed by atoms with van der Waals surface area (Å²) in [5.74, 6) is 0.834. The molecule has 0 unspecified atom stereocenters. The van der Waals surface area contributed by atoms with Crippen molar-refractivity contribution in [2.24, 2.45) is 5.92 Å². The third-order valence-corrected chi connectivity index (χ3v) is 9.02. The van der Waals surface area contributed by atoms with Gasteiger partial charge in [-0.2, -0.15) is 0 Å². The van der Waals surface area contributed by atoms with Crippen LogP contribution in [-0.4, -0.2) is 70.1 Å². The topological polar surface area (TPSA) is 79.0 Å². The van der Waals surface area contributed by atoms with Crippen LogP contribution in [0, 0.1) is 5.92 Å². The van der Waals surface area contributed by atoms with Crippen molar-refractivity contribution in [2.45, 2.75) is 29.9 Å². The van der Waals surface area contributed by atoms with Crippen molar-refractivity contribution in [3.8, 4) is 0 Å². The van der Waals surface area contributed by atoms with Gasteiger partial charge in [0.05, 0.1) is 19.6 Å². The van der Waals surface area contributed by atoms with Gasteiger partial charge < -0.3 is 9.64 Å². The van der Waals surface area contributed by atoms with Crippen LogP contribution in [0.2, 0.25) is 0 Å². The van der Waals surface area contributed by atoms with E-state index in [9.17, 15) is 13.2 Å². The third kappa shape index (κ3) is 6.31. The van der Waals surface area contributed by atoms with Gasteiger partial charge in [0.15, 0.2) is 0 Å². The van der Waals surface area contributed by atoms with Gasteiger partial charge in [-0.25, -0.2) is 8.42 Å². The summed E-state index contributed by atoms with van der Waals surface area (Å²) in [5.41, 5.74) is 1.39. The highest BCUT2D eigenvalue weighted by Crippen LogP contribution is 2.23. The fraction of sp³-hybridized carbons (Fsp3) is 0.522. The van der Waals surface area contributed by atoms with Gasteiger partial charge in [-0.1, -0.05) is 18.2 Å². The number of nitrogens with one attached hydrogen (secondary N) is 1. The molecule has 1 amide bonds. The van der Waals surface area contributed by atoms with Gasteiger partial charge in [-0.05, 0) is 60.9 Å². The highest BCUT2D eigenvalue weighted by molar-refractivity contribution is 7.94. The number of anilines is 1. The number of carbonyl (C=O) groups excluding carboxylic acids is 1. The normalized spacial score (nSPS) is 18.6. The zero-order valence-electron chi connectivity index (χ0n) is 18.2. The highest BCUT2D eigenvalue weighted by Gasteiger charge is 2.23. The predicted molar refractivity (Wildman–Crippen MR) is 126 cm³/mol. The first-order chi connectivity index (χ1) is 15.5. The minimum Gasteiger partial charge on any atom is -0.379 e. The fourth-order valence-electron chi connectivity index (χ4n) is 4.26. The van der Waals surface area contributed by atoms with Crippen molar-refractivity contribution < 1.29 is 17.9 Å². The quantitative estimate of drug-likeness (QED) is 0.632. The number of thiophene rings is 1. The summed E-state index contributed by atoms with van der Waals surface area (Å²) in [6, 6.07) is 10.3. The van der Waals surface area contributed by atoms with Crippen LogP contribution in [0.3, 0.4) is 0 Å². The maximum atomic E-state index is 12.7. The Hall–Kier alpha value is -1.94. The second-order valence-electron chi connectivity index (χ2n) is 8.48. The van der Waals surface area contributed by atoms with Gasteiger partial charge in [0, 0.05) is 31.9 Å². The molecule has 7 nitrogen and oxygen atoms in total. The molecule has 174 valence electrons. The lowest BCUT2D eigenvalue weighted by molar-refractivity contribution is -0.131. The number of likely N-dealkylation sites (tertiary alicyclic amines) is 1. The number of carbonyl (C=O) groups is 1. The standard InChI is InChI=1S/C23H31N3O4S2/c27-22(26-11-8-19(9-12-26)7-10-25-13-15-30-16-14-25)18-20-3-5-21(6-4-20)24-32(28,29)23-2-1-17-31-23/h1-6,17,19,24H,7-16,18H2. The zero-order chi connectivity index (χ0) is 22.4. The second kappa shape index (κ2) is 10.8. The van der Waals surface area contributed by atoms with Gasteiger partial charge in [0.1, 0.15) is 4.21 Å². The second-order valence-corrected chi connectivity index (χ2v) is 11.3. The number of sulfonamides is 1. The summed E-state index contributed by atoms with van der Waals surface area (Å²) in [6.07, 6.45) is 3.68. The number of rotatable bonds is 8. The average Bonchev–Trinajstić information content (AvgIpc) is 3.36. The molecule has 0 aliphatic carbocycles. The van der Waals surface area contributed by atoms with Crippen LogP contribution >= 0.6 is 11.3 Å². The van der Waals surface area contributed by atoms with Crippen LogP contribution in [0.15, 0.2) is 46.0 Å². The van der Waals surface area contributed by atoms with Crippen molar-refractivity contribution in [3.63, 3.8) is 0 Å². The van der Waals surface area contributed by atoms with Crippen LogP contribution in [0.5, 0.6) is 0 Å². The van der Waals surface area contributed by atoms with Crippen LogP contribution < -0.4 is 4.72 Å². The van der Waals surface area contributed by atoms with E-state index in [2.05, 4.69) is 9.62 Å². The fourth-order valence-corrected chi connectivity index (χ4v) is 6.31. The summed E-state index contributed by atoms with van der Waals surface area (Å²) in [6.45, 7) is 6.53. The Morgan fingerprint density at radius 1 is 1.06 bits per heavy atom. The molecule has 0 atom stereocenters. The van der Waals surface area contributed by atoms with Gasteiger partial charge in [0.25, 0.3) is 10.0 Å². The number of amides is 1. The third-order valence-electron chi connectivity index (χ3n) is 6.25. The number of hydrogen-bond donors (Lipinski definition) is 1. The molecule has 0 spiro atoms. The molecule has 2 saturated heterocycles. The Morgan fingerprint density at radius 2 is 1.78 bits per heavy atom. The summed E-state index contributed by atoms with van der Waals surface area (Å²) in [7, 11) is -3.56. The van der Waals surface area contributed by atoms with Crippen LogP contribution in [-0.2, 0) is 26.0 Å². The minimum atomic E-state index is -3.56. The van der Waals surface area contributed by atoms with Crippen LogP contribution in [0.1, 0.15) is 24.8 Å². The molecule has 4 rings (SSSR count). The molecule has 9 heteroatoms. The number of benzene rings is 1. The van der Waals surface area contributed by atoms with E-state index in [-0.39, 0.29) is 10.1 Å². The molecule has 1 aromatic heterocycles. The van der Waals surface area contributed by atoms with E-state index < -0.39 is 10.0 Å². The SMILES string of the molecule is O=C(Cc1ccc(NS(=O)(=O)c2cccs2)cc1)N1CCC(CCN2CCOCC2)CC1. The molecule has 2 aromatic rings. The Balaban J connectivity index is 1.21. The van der Waals surface area contributed by atoms with E-state index in [1.807, 2.05) is 17.0 Å². The first kappa shape index (κ1) is 23.2. The van der Waals surface area contributed by atoms with Gasteiger partial charge >= 0.3 is 0 Å². The Bertz CT molecular complexity index is 963. The molecule has 32 heavy (non-hydrogen) atoms. The minimum absolute atomic E-state index is 0.142. The molecule has 2 aliphatic heterocycles. The molecule has 2 aliphatic rings. The van der Waals surface area contributed by atoms with Crippen molar-refractivity contribution in [1.29, 1.82) is 0 Å². The lowest BCUT2D eigenvalue weighted by Gasteiger charge is -2.34. The first-order valence-corrected chi connectivity index (χ1v) is 13.6. The molecule has 2 fully saturated rings. The number of morpholine rings is 1. The highest BCUT2D eigenvalue weighted by atomic mass is 32.2. The van der Waals surface area contributed by atoms with E-state index >= 15 is 0 Å². The molecule has 1 N–H and O–H groups in total. The zero-order valence-corrected chi connectivity index (χ0v) is 19.9. The van der Waals surface area contributed by atoms with E-state index in [4.69, 9.17) is 4.74 Å². The van der Waals surface area contributed by atoms with E-state index in [1.54, 1.807) is 29.6 Å². The van der Waals surface area contributed by atoms with E-state index in [1.165, 1.54) is 17.8 Å². The monoisotopic (exact) mass is 477 g/mol. The van der Waals surface area contributed by atoms with Crippen LogP contribution in [0.4, 0.5) is 5.69 Å². The molecule has 0 bridgehead atoms. The van der Waals surface area contributed by atoms with Crippen molar-refractivity contribution in [2.75, 3.05) is 50.7 Å². The summed E-state index contributed by atoms with van der Waals surface area (Å²) < 4.78 is 32.9. The van der Waals surface area contributed by atoms with E-state index in [0.29, 0.717) is 18.0 Å². The maximum absolute atomic E-state index is 12.7. The molecule has 0 radical (unpaired) electrons. The molecule has 3 heterocycles. The lowest BCUT2D eigenvalue weighted by Crippen LogP contribution is -2.41. The van der Waals surface area contributed by atoms with Crippen molar-refractivity contribution >= 4 is 33.0 Å². The van der Waals surface area contributed by atoms with Crippen LogP contribution in [0.25, 0.3) is 0 Å². The Labute approximate surface area is 194 Å². The number of hydrogen-bond acceptors (Lipinski definition) is 6. The smallest absolute Gasteiger partial charge is 0.271 e. The average molecular weight is 478 g/mol. The molecule has 0 saturated carbocycles.